The van der Waals surface area contributed by atoms with Crippen molar-refractivity contribution in [1.29, 1.82) is 0 Å². The molecule has 3 N–H and O–H groups in total. The number of carboxylic acid groups (broad SMARTS) is 1. The highest BCUT2D eigenvalue weighted by molar-refractivity contribution is 6.31. The van der Waals surface area contributed by atoms with Crippen LogP contribution < -0.4 is 16.5 Å². The molecule has 0 unspecified atom stereocenters. The maximum Gasteiger partial charge on any atom is 0.337 e. The number of benzene rings is 2. The van der Waals surface area contributed by atoms with E-state index in [0.29, 0.717) is 10.5 Å². The van der Waals surface area contributed by atoms with E-state index in [0.717, 1.165) is 4.68 Å². The molecule has 9 heteroatoms. The highest BCUT2D eigenvalue weighted by Crippen LogP contribution is 2.17. The fourth-order valence-corrected chi connectivity index (χ4v) is 3.15. The van der Waals surface area contributed by atoms with Gasteiger partial charge < -0.3 is 10.1 Å². The van der Waals surface area contributed by atoms with Gasteiger partial charge in [0.05, 0.1) is 16.8 Å². The van der Waals surface area contributed by atoms with Crippen LogP contribution in [0.1, 0.15) is 10.4 Å². The van der Waals surface area contributed by atoms with Gasteiger partial charge in [-0.1, -0.05) is 23.7 Å². The Labute approximate surface area is 154 Å². The van der Waals surface area contributed by atoms with Gasteiger partial charge >= 0.3 is 5.97 Å². The number of H-pyrrole nitrogens is 2. The molecule has 2 aromatic heterocycles. The third-order valence-electron chi connectivity index (χ3n) is 4.20. The molecule has 134 valence electrons. The van der Waals surface area contributed by atoms with Crippen LogP contribution in [0.3, 0.4) is 0 Å². The van der Waals surface area contributed by atoms with Crippen molar-refractivity contribution < 1.29 is 9.90 Å². The van der Waals surface area contributed by atoms with Crippen molar-refractivity contribution >= 4 is 39.4 Å². The molecule has 0 radical (unpaired) electrons. The zero-order valence-corrected chi connectivity index (χ0v) is 14.2. The first-order chi connectivity index (χ1) is 12.9. The minimum absolute atomic E-state index is 0.0513. The Bertz CT molecular complexity index is 1430. The van der Waals surface area contributed by atoms with E-state index in [1.165, 1.54) is 42.5 Å². The second-order valence-corrected chi connectivity index (χ2v) is 6.23. The van der Waals surface area contributed by atoms with Crippen LogP contribution in [0.25, 0.3) is 27.5 Å². The Hall–Kier alpha value is -3.65. The predicted octanol–water partition coefficient (Wildman–Crippen LogP) is 1.87. The van der Waals surface area contributed by atoms with Gasteiger partial charge in [-0.15, -0.1) is 0 Å². The standard InChI is InChI=1S/C18H10ClN3O5/c19-8-5-6-9-11(7-8)20-14-13(15(9)23)17(25)22(21-16(14)24)12-4-2-1-3-10(12)18(26)27/h1-7H,(H,20,23)(H,21,24)(H,26,27). The summed E-state index contributed by atoms with van der Waals surface area (Å²) in [7, 11) is 0. The highest BCUT2D eigenvalue weighted by atomic mass is 35.5. The van der Waals surface area contributed by atoms with Crippen molar-refractivity contribution in [1.82, 2.24) is 14.8 Å². The number of hydrogen-bond acceptors (Lipinski definition) is 4. The first-order valence-corrected chi connectivity index (χ1v) is 8.09. The summed E-state index contributed by atoms with van der Waals surface area (Å²) in [4.78, 5) is 52.5. The lowest BCUT2D eigenvalue weighted by Gasteiger charge is -2.10. The van der Waals surface area contributed by atoms with E-state index >= 15 is 0 Å². The first kappa shape index (κ1) is 16.8. The largest absolute Gasteiger partial charge is 0.478 e. The summed E-state index contributed by atoms with van der Waals surface area (Å²) in [6.07, 6.45) is 0. The number of fused-ring (bicyclic) bond motifs is 2. The molecule has 8 nitrogen and oxygen atoms in total. The van der Waals surface area contributed by atoms with Crippen LogP contribution in [-0.2, 0) is 0 Å². The second-order valence-electron chi connectivity index (χ2n) is 5.80. The SMILES string of the molecule is O=C(O)c1ccccc1-n1[nH]c(=O)c2[nH]c3cc(Cl)ccc3c(=O)c2c1=O. The first-order valence-electron chi connectivity index (χ1n) is 7.72. The summed E-state index contributed by atoms with van der Waals surface area (Å²) in [6, 6.07) is 10.1. The van der Waals surface area contributed by atoms with Crippen molar-refractivity contribution in [3.63, 3.8) is 0 Å². The molecule has 0 bridgehead atoms. The van der Waals surface area contributed by atoms with E-state index in [-0.39, 0.29) is 27.5 Å². The Morgan fingerprint density at radius 2 is 1.81 bits per heavy atom. The number of carboxylic acids is 1. The smallest absolute Gasteiger partial charge is 0.337 e. The Morgan fingerprint density at radius 3 is 2.56 bits per heavy atom. The monoisotopic (exact) mass is 383 g/mol. The van der Waals surface area contributed by atoms with Gasteiger partial charge in [-0.25, -0.2) is 9.48 Å². The third-order valence-corrected chi connectivity index (χ3v) is 4.43. The minimum atomic E-state index is -1.28. The molecule has 0 aliphatic carbocycles. The minimum Gasteiger partial charge on any atom is -0.478 e. The lowest BCUT2D eigenvalue weighted by atomic mass is 10.1. The molecule has 0 spiro atoms. The zero-order chi connectivity index (χ0) is 19.3. The van der Waals surface area contributed by atoms with Crippen LogP contribution in [0.5, 0.6) is 0 Å². The molecule has 27 heavy (non-hydrogen) atoms. The van der Waals surface area contributed by atoms with Crippen molar-refractivity contribution in [2.45, 2.75) is 0 Å². The molecular formula is C18H10ClN3O5. The molecule has 0 fully saturated rings. The van der Waals surface area contributed by atoms with Crippen molar-refractivity contribution in [3.05, 3.63) is 84.0 Å². The van der Waals surface area contributed by atoms with Crippen molar-refractivity contribution in [2.75, 3.05) is 0 Å². The predicted molar refractivity (Wildman–Crippen MR) is 100 cm³/mol. The maximum absolute atomic E-state index is 12.9. The van der Waals surface area contributed by atoms with Gasteiger partial charge in [-0.05, 0) is 30.3 Å². The average Bonchev–Trinajstić information content (AvgIpc) is 2.64. The van der Waals surface area contributed by atoms with Gasteiger partial charge in [-0.3, -0.25) is 19.5 Å². The van der Waals surface area contributed by atoms with Gasteiger partial charge in [0, 0.05) is 10.4 Å². The van der Waals surface area contributed by atoms with E-state index in [4.69, 9.17) is 11.6 Å². The number of nitrogens with one attached hydrogen (secondary N) is 2. The van der Waals surface area contributed by atoms with Crippen LogP contribution in [0.4, 0.5) is 0 Å². The number of para-hydroxylation sites is 1. The number of aromatic nitrogens is 3. The van der Waals surface area contributed by atoms with E-state index < -0.39 is 22.5 Å². The van der Waals surface area contributed by atoms with Crippen LogP contribution in [0, 0.1) is 0 Å². The molecule has 0 aliphatic heterocycles. The molecule has 0 saturated carbocycles. The summed E-state index contributed by atoms with van der Waals surface area (Å²) < 4.78 is 0.769. The molecule has 2 aromatic carbocycles. The summed E-state index contributed by atoms with van der Waals surface area (Å²) in [6.45, 7) is 0. The lowest BCUT2D eigenvalue weighted by molar-refractivity contribution is 0.0696. The second kappa shape index (κ2) is 5.96. The molecule has 0 aliphatic rings. The zero-order valence-electron chi connectivity index (χ0n) is 13.4. The van der Waals surface area contributed by atoms with E-state index in [1.54, 1.807) is 0 Å². The van der Waals surface area contributed by atoms with Crippen LogP contribution in [-0.4, -0.2) is 25.8 Å². The number of pyridine rings is 1. The summed E-state index contributed by atoms with van der Waals surface area (Å²) in [5.41, 5.74) is -2.37. The normalized spacial score (nSPS) is 11.1. The van der Waals surface area contributed by atoms with Gasteiger partial charge in [0.25, 0.3) is 11.1 Å². The van der Waals surface area contributed by atoms with Gasteiger partial charge in [0.15, 0.2) is 0 Å². The highest BCUT2D eigenvalue weighted by Gasteiger charge is 2.18. The number of nitrogens with zero attached hydrogens (tertiary/aromatic N) is 1. The molecular weight excluding hydrogens is 374 g/mol. The van der Waals surface area contributed by atoms with Gasteiger partial charge in [0.1, 0.15) is 10.9 Å². The van der Waals surface area contributed by atoms with Crippen LogP contribution in [0.15, 0.2) is 56.8 Å². The molecule has 0 amide bonds. The Balaban J connectivity index is 2.19. The number of halogens is 1. The number of hydrogen-bond donors (Lipinski definition) is 3. The summed E-state index contributed by atoms with van der Waals surface area (Å²) in [5, 5.41) is 11.8. The number of rotatable bonds is 2. The molecule has 2 heterocycles. The lowest BCUT2D eigenvalue weighted by Crippen LogP contribution is -2.33. The topological polar surface area (TPSA) is 125 Å². The van der Waals surface area contributed by atoms with E-state index in [1.807, 2.05) is 0 Å². The van der Waals surface area contributed by atoms with Gasteiger partial charge in [-0.2, -0.15) is 0 Å². The van der Waals surface area contributed by atoms with Crippen LogP contribution in [0.2, 0.25) is 5.02 Å². The van der Waals surface area contributed by atoms with E-state index in [2.05, 4.69) is 10.1 Å². The summed E-state index contributed by atoms with van der Waals surface area (Å²) in [5.74, 6) is -1.28. The van der Waals surface area contributed by atoms with E-state index in [9.17, 15) is 24.3 Å². The van der Waals surface area contributed by atoms with Crippen LogP contribution >= 0.6 is 11.6 Å². The molecule has 0 saturated heterocycles. The average molecular weight is 384 g/mol. The van der Waals surface area contributed by atoms with Crippen molar-refractivity contribution in [3.8, 4) is 5.69 Å². The molecule has 4 rings (SSSR count). The quantitative estimate of drug-likeness (QED) is 0.456. The summed E-state index contributed by atoms with van der Waals surface area (Å²) >= 11 is 5.92. The fourth-order valence-electron chi connectivity index (χ4n) is 2.98. The molecule has 4 aromatic rings. The number of aromatic carboxylic acids is 1. The fraction of sp³-hybridized carbons (Fsp3) is 0. The Kier molecular flexibility index (Phi) is 3.71. The number of aromatic amines is 2. The van der Waals surface area contributed by atoms with Gasteiger partial charge in [0.2, 0.25) is 5.43 Å². The maximum atomic E-state index is 12.9. The number of carbonyl (C=O) groups is 1. The molecule has 0 atom stereocenters. The Morgan fingerprint density at radius 1 is 1.07 bits per heavy atom. The third kappa shape index (κ3) is 2.54. The van der Waals surface area contributed by atoms with Crippen molar-refractivity contribution in [2.24, 2.45) is 0 Å².